The fourth-order valence-electron chi connectivity index (χ4n) is 1.18. The first-order valence-corrected chi connectivity index (χ1v) is 5.44. The first-order chi connectivity index (χ1) is 7.31. The molecule has 1 atom stereocenters. The van der Waals surface area contributed by atoms with Gasteiger partial charge in [-0.1, -0.05) is 23.1 Å². The topological polar surface area (TPSA) is 50.7 Å². The van der Waals surface area contributed by atoms with Gasteiger partial charge < -0.3 is 5.32 Å². The van der Waals surface area contributed by atoms with E-state index in [-0.39, 0.29) is 0 Å². The lowest BCUT2D eigenvalue weighted by Crippen LogP contribution is -2.07. The summed E-state index contributed by atoms with van der Waals surface area (Å²) < 4.78 is 0. The van der Waals surface area contributed by atoms with Crippen molar-refractivity contribution in [3.05, 3.63) is 18.5 Å². The lowest BCUT2D eigenvalue weighted by atomic mass is 10.3. The molecular weight excluding hydrogens is 207 g/mol. The van der Waals surface area contributed by atoms with E-state index in [0.29, 0.717) is 5.57 Å². The standard InChI is InChI=1S/C8H9N4P.C2H6/c1-9-7-5-4-10-3-2-6(5)11-8(13)12-7;1-2/h2-4H,13H2,1H3,(H,9,11,12);1-2H3. The summed E-state index contributed by atoms with van der Waals surface area (Å²) in [6, 6.07) is 1.87. The van der Waals surface area contributed by atoms with Crippen LogP contribution in [0.4, 0.5) is 5.82 Å². The van der Waals surface area contributed by atoms with Gasteiger partial charge in [0.1, 0.15) is 11.4 Å². The van der Waals surface area contributed by atoms with Crippen LogP contribution >= 0.6 is 9.24 Å². The SMILES string of the molecule is CC.CNc1nc(P)nc2ccncc12. The third-order valence-corrected chi connectivity index (χ3v) is 2.01. The Labute approximate surface area is 91.8 Å². The summed E-state index contributed by atoms with van der Waals surface area (Å²) in [4.78, 5) is 12.5. The van der Waals surface area contributed by atoms with E-state index >= 15 is 0 Å². The third kappa shape index (κ3) is 2.60. The summed E-state index contributed by atoms with van der Waals surface area (Å²) in [6.45, 7) is 4.00. The Hall–Kier alpha value is -1.28. The maximum atomic E-state index is 4.26. The van der Waals surface area contributed by atoms with Crippen molar-refractivity contribution < 1.29 is 0 Å². The van der Waals surface area contributed by atoms with Crippen LogP contribution in [0, 0.1) is 0 Å². The van der Waals surface area contributed by atoms with E-state index in [1.807, 2.05) is 27.0 Å². The number of nitrogens with zero attached hydrogens (tertiary/aromatic N) is 3. The highest BCUT2D eigenvalue weighted by Crippen LogP contribution is 2.15. The second kappa shape index (κ2) is 5.56. The van der Waals surface area contributed by atoms with Crippen molar-refractivity contribution in [1.82, 2.24) is 15.0 Å². The first-order valence-electron chi connectivity index (χ1n) is 4.86. The molecule has 80 valence electrons. The number of nitrogens with one attached hydrogen (secondary N) is 1. The molecule has 2 heterocycles. The highest BCUT2D eigenvalue weighted by Gasteiger charge is 2.02. The molecule has 2 aromatic rings. The largest absolute Gasteiger partial charge is 0.372 e. The Morgan fingerprint density at radius 2 is 2.00 bits per heavy atom. The normalized spacial score (nSPS) is 9.33. The summed E-state index contributed by atoms with van der Waals surface area (Å²) in [6.07, 6.45) is 3.48. The molecule has 2 rings (SSSR count). The van der Waals surface area contributed by atoms with Crippen molar-refractivity contribution in [2.24, 2.45) is 0 Å². The van der Waals surface area contributed by atoms with Crippen molar-refractivity contribution in [1.29, 1.82) is 0 Å². The third-order valence-electron chi connectivity index (χ3n) is 1.75. The van der Waals surface area contributed by atoms with Crippen molar-refractivity contribution in [3.63, 3.8) is 0 Å². The van der Waals surface area contributed by atoms with Gasteiger partial charge in [-0.25, -0.2) is 9.97 Å². The first kappa shape index (κ1) is 11.8. The van der Waals surface area contributed by atoms with Gasteiger partial charge in [-0.05, 0) is 6.07 Å². The predicted octanol–water partition coefficient (Wildman–Crippen LogP) is 1.59. The molecule has 0 aliphatic heterocycles. The molecule has 15 heavy (non-hydrogen) atoms. The highest BCUT2D eigenvalue weighted by molar-refractivity contribution is 7.26. The molecule has 0 fully saturated rings. The monoisotopic (exact) mass is 222 g/mol. The van der Waals surface area contributed by atoms with Crippen molar-refractivity contribution in [2.75, 3.05) is 12.4 Å². The second-order valence-corrected chi connectivity index (χ2v) is 3.09. The van der Waals surface area contributed by atoms with Crippen LogP contribution in [0.25, 0.3) is 10.9 Å². The van der Waals surface area contributed by atoms with E-state index in [9.17, 15) is 0 Å². The minimum atomic E-state index is 0.683. The summed E-state index contributed by atoms with van der Waals surface area (Å²) in [5, 5.41) is 3.95. The van der Waals surface area contributed by atoms with Gasteiger partial charge in [0.2, 0.25) is 0 Å². The van der Waals surface area contributed by atoms with Gasteiger partial charge >= 0.3 is 0 Å². The maximum absolute atomic E-state index is 4.26. The summed E-state index contributed by atoms with van der Waals surface area (Å²) >= 11 is 0. The molecule has 0 saturated heterocycles. The molecule has 1 N–H and O–H groups in total. The van der Waals surface area contributed by atoms with Crippen molar-refractivity contribution in [2.45, 2.75) is 13.8 Å². The second-order valence-electron chi connectivity index (χ2n) is 2.57. The van der Waals surface area contributed by atoms with Crippen molar-refractivity contribution >= 4 is 31.5 Å². The molecule has 0 radical (unpaired) electrons. The predicted molar refractivity (Wildman–Crippen MR) is 67.6 cm³/mol. The van der Waals surface area contributed by atoms with Gasteiger partial charge in [-0.3, -0.25) is 4.98 Å². The van der Waals surface area contributed by atoms with Gasteiger partial charge in [0, 0.05) is 19.4 Å². The van der Waals surface area contributed by atoms with E-state index in [4.69, 9.17) is 0 Å². The van der Waals surface area contributed by atoms with E-state index in [2.05, 4.69) is 29.5 Å². The Kier molecular flexibility index (Phi) is 4.37. The smallest absolute Gasteiger partial charge is 0.147 e. The lowest BCUT2D eigenvalue weighted by molar-refractivity contribution is 1.25. The molecule has 0 spiro atoms. The maximum Gasteiger partial charge on any atom is 0.147 e. The molecule has 0 aromatic carbocycles. The van der Waals surface area contributed by atoms with Gasteiger partial charge in [0.05, 0.1) is 10.9 Å². The van der Waals surface area contributed by atoms with Gasteiger partial charge in [-0.2, -0.15) is 0 Å². The minimum absolute atomic E-state index is 0.683. The molecule has 0 saturated carbocycles. The van der Waals surface area contributed by atoms with E-state index in [1.54, 1.807) is 12.4 Å². The Morgan fingerprint density at radius 3 is 2.67 bits per heavy atom. The van der Waals surface area contributed by atoms with Crippen molar-refractivity contribution in [3.8, 4) is 0 Å². The molecular formula is C10H15N4P. The summed E-state index contributed by atoms with van der Waals surface area (Å²) in [5.74, 6) is 0.808. The number of hydrogen-bond acceptors (Lipinski definition) is 4. The molecule has 1 unspecified atom stereocenters. The zero-order valence-corrected chi connectivity index (χ0v) is 10.3. The van der Waals surface area contributed by atoms with Crippen LogP contribution in [0.3, 0.4) is 0 Å². The number of rotatable bonds is 1. The zero-order valence-electron chi connectivity index (χ0n) is 9.15. The van der Waals surface area contributed by atoms with Crippen LogP contribution in [0.2, 0.25) is 0 Å². The fraction of sp³-hybridized carbons (Fsp3) is 0.300. The van der Waals surface area contributed by atoms with E-state index < -0.39 is 0 Å². The molecule has 5 heteroatoms. The zero-order chi connectivity index (χ0) is 11.3. The molecule has 0 aliphatic rings. The van der Waals surface area contributed by atoms with Crippen LogP contribution in [0.15, 0.2) is 18.5 Å². The van der Waals surface area contributed by atoms with Crippen LogP contribution in [0.1, 0.15) is 13.8 Å². The lowest BCUT2D eigenvalue weighted by Gasteiger charge is -2.04. The van der Waals surface area contributed by atoms with Gasteiger partial charge in [-0.15, -0.1) is 0 Å². The van der Waals surface area contributed by atoms with Crippen LogP contribution in [-0.4, -0.2) is 22.0 Å². The molecule has 0 amide bonds. The number of anilines is 1. The quantitative estimate of drug-likeness (QED) is 0.744. The van der Waals surface area contributed by atoms with E-state index in [1.165, 1.54) is 0 Å². The van der Waals surface area contributed by atoms with Crippen LogP contribution in [0.5, 0.6) is 0 Å². The molecule has 2 aromatic heterocycles. The molecule has 0 aliphatic carbocycles. The Morgan fingerprint density at radius 1 is 1.27 bits per heavy atom. The van der Waals surface area contributed by atoms with E-state index in [0.717, 1.165) is 16.7 Å². The number of aromatic nitrogens is 3. The molecule has 0 bridgehead atoms. The average Bonchev–Trinajstić information content (AvgIpc) is 2.30. The Balaban J connectivity index is 0.000000531. The average molecular weight is 222 g/mol. The minimum Gasteiger partial charge on any atom is -0.372 e. The summed E-state index contributed by atoms with van der Waals surface area (Å²) in [5.41, 5.74) is 1.59. The number of pyridine rings is 1. The fourth-order valence-corrected chi connectivity index (χ4v) is 1.45. The number of hydrogen-bond donors (Lipinski definition) is 1. The summed E-state index contributed by atoms with van der Waals surface area (Å²) in [7, 11) is 4.31. The molecule has 4 nitrogen and oxygen atoms in total. The number of fused-ring (bicyclic) bond motifs is 1. The van der Waals surface area contributed by atoms with Gasteiger partial charge in [0.15, 0.2) is 0 Å². The Bertz CT molecular complexity index is 444. The van der Waals surface area contributed by atoms with Gasteiger partial charge in [0.25, 0.3) is 0 Å². The highest BCUT2D eigenvalue weighted by atomic mass is 31.0. The van der Waals surface area contributed by atoms with Crippen LogP contribution < -0.4 is 10.9 Å². The van der Waals surface area contributed by atoms with Crippen LogP contribution in [-0.2, 0) is 0 Å².